The van der Waals surface area contributed by atoms with E-state index in [2.05, 4.69) is 6.58 Å². The molecule has 0 heterocycles. The zero-order valence-corrected chi connectivity index (χ0v) is 9.39. The largest absolute Gasteiger partial charge is 0.317 e. The first-order valence-corrected chi connectivity index (χ1v) is 5.34. The van der Waals surface area contributed by atoms with Crippen molar-refractivity contribution in [3.8, 4) is 0 Å². The smallest absolute Gasteiger partial charge is 0.247 e. The Labute approximate surface area is 95.6 Å². The van der Waals surface area contributed by atoms with Crippen LogP contribution >= 0.6 is 0 Å². The molecule has 1 amide bonds. The lowest BCUT2D eigenvalue weighted by Gasteiger charge is -2.21. The van der Waals surface area contributed by atoms with Crippen LogP contribution in [0.1, 0.15) is 6.42 Å². The molecule has 2 atom stereocenters. The number of nitrogens with zero attached hydrogens (tertiary/aromatic N) is 1. The van der Waals surface area contributed by atoms with Crippen molar-refractivity contribution in [3.05, 3.63) is 43.0 Å². The van der Waals surface area contributed by atoms with Gasteiger partial charge in [0.25, 0.3) is 0 Å². The molecule has 2 N–H and O–H groups in total. The fourth-order valence-electron chi connectivity index (χ4n) is 1.93. The van der Waals surface area contributed by atoms with Crippen LogP contribution in [0.2, 0.25) is 0 Å². The van der Waals surface area contributed by atoms with Gasteiger partial charge in [-0.15, -0.1) is 6.58 Å². The van der Waals surface area contributed by atoms with Gasteiger partial charge in [-0.25, -0.2) is 0 Å². The molecule has 3 nitrogen and oxygen atoms in total. The van der Waals surface area contributed by atoms with Gasteiger partial charge in [0.2, 0.25) is 5.91 Å². The lowest BCUT2D eigenvalue weighted by atomic mass is 10.1. The van der Waals surface area contributed by atoms with Crippen LogP contribution < -0.4 is 10.6 Å². The van der Waals surface area contributed by atoms with E-state index in [1.54, 1.807) is 18.0 Å². The highest BCUT2D eigenvalue weighted by Gasteiger charge is 2.56. The lowest BCUT2D eigenvalue weighted by molar-refractivity contribution is -0.120. The molecule has 0 aliphatic heterocycles. The van der Waals surface area contributed by atoms with E-state index in [1.165, 1.54) is 0 Å². The van der Waals surface area contributed by atoms with Gasteiger partial charge in [0.1, 0.15) is 5.54 Å². The molecule has 1 aromatic rings. The average Bonchev–Trinajstić information content (AvgIpc) is 3.01. The summed E-state index contributed by atoms with van der Waals surface area (Å²) in [5, 5.41) is 0. The predicted molar refractivity (Wildman–Crippen MR) is 65.1 cm³/mol. The fraction of sp³-hybridized carbons (Fsp3) is 0.308. The summed E-state index contributed by atoms with van der Waals surface area (Å²) in [6, 6.07) is 9.52. The van der Waals surface area contributed by atoms with Crippen molar-refractivity contribution < 1.29 is 4.79 Å². The standard InChI is InChI=1S/C13H16N2O/c1-3-10-9-13(10,14)12(16)15(2)11-7-5-4-6-8-11/h3-8,10H,1,9,14H2,2H3/t10-,13-/m1/s1. The predicted octanol–water partition coefficient (Wildman–Crippen LogP) is 1.55. The number of carbonyl (C=O) groups is 1. The summed E-state index contributed by atoms with van der Waals surface area (Å²) in [5.41, 5.74) is 6.16. The number of benzene rings is 1. The van der Waals surface area contributed by atoms with E-state index < -0.39 is 5.54 Å². The normalized spacial score (nSPS) is 27.2. The molecular weight excluding hydrogens is 200 g/mol. The van der Waals surface area contributed by atoms with Crippen LogP contribution in [-0.4, -0.2) is 18.5 Å². The average molecular weight is 216 g/mol. The topological polar surface area (TPSA) is 46.3 Å². The fourth-order valence-corrected chi connectivity index (χ4v) is 1.93. The van der Waals surface area contributed by atoms with Gasteiger partial charge in [-0.2, -0.15) is 0 Å². The Morgan fingerprint density at radius 1 is 1.56 bits per heavy atom. The van der Waals surface area contributed by atoms with E-state index in [1.807, 2.05) is 30.3 Å². The Hall–Kier alpha value is -1.61. The van der Waals surface area contributed by atoms with Crippen molar-refractivity contribution in [3.63, 3.8) is 0 Å². The molecule has 0 radical (unpaired) electrons. The molecule has 1 aliphatic rings. The highest BCUT2D eigenvalue weighted by Crippen LogP contribution is 2.43. The van der Waals surface area contributed by atoms with Gasteiger partial charge < -0.3 is 10.6 Å². The first-order chi connectivity index (χ1) is 7.59. The number of nitrogens with two attached hydrogens (primary N) is 1. The minimum atomic E-state index is -0.730. The van der Waals surface area contributed by atoms with E-state index in [-0.39, 0.29) is 11.8 Å². The third-order valence-corrected chi connectivity index (χ3v) is 3.19. The number of carbonyl (C=O) groups excluding carboxylic acids is 1. The first-order valence-electron chi connectivity index (χ1n) is 5.34. The van der Waals surface area contributed by atoms with Crippen molar-refractivity contribution in [1.29, 1.82) is 0 Å². The molecule has 0 aromatic heterocycles. The molecule has 1 fully saturated rings. The highest BCUT2D eigenvalue weighted by molar-refractivity contribution is 6.02. The maximum absolute atomic E-state index is 12.1. The van der Waals surface area contributed by atoms with Crippen LogP contribution in [0.4, 0.5) is 5.69 Å². The number of rotatable bonds is 3. The Balaban J connectivity index is 2.15. The van der Waals surface area contributed by atoms with Crippen LogP contribution in [-0.2, 0) is 4.79 Å². The van der Waals surface area contributed by atoms with Crippen molar-refractivity contribution in [2.75, 3.05) is 11.9 Å². The third kappa shape index (κ3) is 1.63. The van der Waals surface area contributed by atoms with Crippen molar-refractivity contribution in [1.82, 2.24) is 0 Å². The molecule has 2 rings (SSSR count). The van der Waals surface area contributed by atoms with E-state index >= 15 is 0 Å². The zero-order valence-electron chi connectivity index (χ0n) is 9.39. The van der Waals surface area contributed by atoms with E-state index in [4.69, 9.17) is 5.73 Å². The van der Waals surface area contributed by atoms with Gasteiger partial charge in [0.15, 0.2) is 0 Å². The molecular formula is C13H16N2O. The maximum Gasteiger partial charge on any atom is 0.247 e. The number of hydrogen-bond donors (Lipinski definition) is 1. The zero-order chi connectivity index (χ0) is 11.8. The Morgan fingerprint density at radius 3 is 2.69 bits per heavy atom. The summed E-state index contributed by atoms with van der Waals surface area (Å²) < 4.78 is 0. The van der Waals surface area contributed by atoms with Crippen LogP contribution in [0, 0.1) is 5.92 Å². The van der Waals surface area contributed by atoms with Crippen molar-refractivity contribution in [2.45, 2.75) is 12.0 Å². The van der Waals surface area contributed by atoms with E-state index in [0.717, 1.165) is 5.69 Å². The van der Waals surface area contributed by atoms with Crippen LogP contribution in [0.5, 0.6) is 0 Å². The minimum absolute atomic E-state index is 0.0383. The lowest BCUT2D eigenvalue weighted by Crippen LogP contribution is -2.45. The number of hydrogen-bond acceptors (Lipinski definition) is 2. The second kappa shape index (κ2) is 3.76. The molecule has 16 heavy (non-hydrogen) atoms. The van der Waals surface area contributed by atoms with Crippen molar-refractivity contribution >= 4 is 11.6 Å². The molecule has 1 saturated carbocycles. The minimum Gasteiger partial charge on any atom is -0.317 e. The van der Waals surface area contributed by atoms with Gasteiger partial charge in [0.05, 0.1) is 0 Å². The number of anilines is 1. The third-order valence-electron chi connectivity index (χ3n) is 3.19. The molecule has 0 spiro atoms. The summed E-state index contributed by atoms with van der Waals surface area (Å²) >= 11 is 0. The summed E-state index contributed by atoms with van der Waals surface area (Å²) in [7, 11) is 1.75. The second-order valence-corrected chi connectivity index (χ2v) is 4.29. The van der Waals surface area contributed by atoms with Gasteiger partial charge in [-0.05, 0) is 18.6 Å². The van der Waals surface area contributed by atoms with E-state index in [0.29, 0.717) is 6.42 Å². The van der Waals surface area contributed by atoms with Crippen molar-refractivity contribution in [2.24, 2.45) is 11.7 Å². The summed E-state index contributed by atoms with van der Waals surface area (Å²) in [4.78, 5) is 13.8. The second-order valence-electron chi connectivity index (χ2n) is 4.29. The monoisotopic (exact) mass is 216 g/mol. The first kappa shape index (κ1) is 10.9. The molecule has 84 valence electrons. The molecule has 0 bridgehead atoms. The summed E-state index contributed by atoms with van der Waals surface area (Å²) in [6.07, 6.45) is 2.46. The Morgan fingerprint density at radius 2 is 2.19 bits per heavy atom. The Kier molecular flexibility index (Phi) is 2.56. The van der Waals surface area contributed by atoms with Gasteiger partial charge >= 0.3 is 0 Å². The summed E-state index contributed by atoms with van der Waals surface area (Å²) in [6.45, 7) is 3.68. The summed E-state index contributed by atoms with van der Waals surface area (Å²) in [5.74, 6) is 0.0785. The number of para-hydroxylation sites is 1. The Bertz CT molecular complexity index is 415. The molecule has 3 heteroatoms. The van der Waals surface area contributed by atoms with Crippen LogP contribution in [0.3, 0.4) is 0 Å². The maximum atomic E-state index is 12.1. The van der Waals surface area contributed by atoms with Gasteiger partial charge in [-0.1, -0.05) is 24.3 Å². The van der Waals surface area contributed by atoms with Gasteiger partial charge in [0, 0.05) is 18.7 Å². The van der Waals surface area contributed by atoms with E-state index in [9.17, 15) is 4.79 Å². The number of likely N-dealkylation sites (N-methyl/N-ethyl adjacent to an activating group) is 1. The van der Waals surface area contributed by atoms with Crippen LogP contribution in [0.25, 0.3) is 0 Å². The molecule has 1 aromatic carbocycles. The molecule has 0 unspecified atom stereocenters. The van der Waals surface area contributed by atoms with Gasteiger partial charge in [-0.3, -0.25) is 4.79 Å². The number of amides is 1. The quantitative estimate of drug-likeness (QED) is 0.779. The SMILES string of the molecule is C=C[C@@H]1C[C@]1(N)C(=O)N(C)c1ccccc1. The van der Waals surface area contributed by atoms with Crippen LogP contribution in [0.15, 0.2) is 43.0 Å². The molecule has 0 saturated heterocycles. The molecule has 1 aliphatic carbocycles. The highest BCUT2D eigenvalue weighted by atomic mass is 16.2.